The summed E-state index contributed by atoms with van der Waals surface area (Å²) in [5.74, 6) is 0.249. The van der Waals surface area contributed by atoms with Crippen molar-refractivity contribution in [3.8, 4) is 0 Å². The van der Waals surface area contributed by atoms with Gasteiger partial charge in [-0.15, -0.1) is 0 Å². The number of nitrogens with one attached hydrogen (secondary N) is 1. The summed E-state index contributed by atoms with van der Waals surface area (Å²) in [6.45, 7) is 1.91. The lowest BCUT2D eigenvalue weighted by molar-refractivity contribution is 0.0388. The molecule has 3 N–H and O–H groups in total. The first kappa shape index (κ1) is 19.2. The van der Waals surface area contributed by atoms with Crippen LogP contribution in [-0.4, -0.2) is 52.5 Å². The number of aliphatic hydroxyl groups is 2. The molecule has 1 saturated carbocycles. The molecule has 2 amide bonds. The number of piperidine rings is 1. The summed E-state index contributed by atoms with van der Waals surface area (Å²) in [5, 5.41) is 23.8. The van der Waals surface area contributed by atoms with Crippen LogP contribution >= 0.6 is 0 Å². The summed E-state index contributed by atoms with van der Waals surface area (Å²) < 4.78 is 0. The van der Waals surface area contributed by atoms with E-state index < -0.39 is 5.60 Å². The number of rotatable bonds is 6. The van der Waals surface area contributed by atoms with Crippen molar-refractivity contribution in [2.45, 2.75) is 63.1 Å². The second-order valence-electron chi connectivity index (χ2n) is 7.99. The minimum atomic E-state index is -0.568. The van der Waals surface area contributed by atoms with E-state index in [-0.39, 0.29) is 18.1 Å². The lowest BCUT2D eigenvalue weighted by Gasteiger charge is -2.34. The zero-order valence-electron chi connectivity index (χ0n) is 15.6. The molecule has 0 aromatic heterocycles. The van der Waals surface area contributed by atoms with Crippen LogP contribution in [0.15, 0.2) is 30.3 Å². The van der Waals surface area contributed by atoms with Gasteiger partial charge in [-0.2, -0.15) is 0 Å². The van der Waals surface area contributed by atoms with E-state index in [4.69, 9.17) is 0 Å². The average Bonchev–Trinajstić information content (AvgIpc) is 3.09. The molecular weight excluding hydrogens is 328 g/mol. The van der Waals surface area contributed by atoms with Crippen molar-refractivity contribution < 1.29 is 15.0 Å². The first-order valence-electron chi connectivity index (χ1n) is 10.0. The van der Waals surface area contributed by atoms with Crippen LogP contribution in [0.5, 0.6) is 0 Å². The van der Waals surface area contributed by atoms with E-state index in [1.165, 1.54) is 0 Å². The lowest BCUT2D eigenvalue weighted by atomic mass is 9.88. The van der Waals surface area contributed by atoms with Gasteiger partial charge < -0.3 is 20.4 Å². The lowest BCUT2D eigenvalue weighted by Crippen LogP contribution is -2.47. The first-order chi connectivity index (χ1) is 12.6. The Morgan fingerprint density at radius 2 is 1.85 bits per heavy atom. The fourth-order valence-corrected chi connectivity index (χ4v) is 4.31. The van der Waals surface area contributed by atoms with Gasteiger partial charge in [0.25, 0.3) is 0 Å². The highest BCUT2D eigenvalue weighted by atomic mass is 16.3. The summed E-state index contributed by atoms with van der Waals surface area (Å²) >= 11 is 0. The van der Waals surface area contributed by atoms with Crippen LogP contribution in [0.25, 0.3) is 0 Å². The maximum atomic E-state index is 12.3. The average molecular weight is 360 g/mol. The number of likely N-dealkylation sites (tertiary alicyclic amines) is 1. The topological polar surface area (TPSA) is 72.8 Å². The molecule has 1 saturated heterocycles. The van der Waals surface area contributed by atoms with Crippen molar-refractivity contribution in [1.82, 2.24) is 10.2 Å². The summed E-state index contributed by atoms with van der Waals surface area (Å²) in [6, 6.07) is 10.0. The maximum absolute atomic E-state index is 12.3. The molecule has 0 radical (unpaired) electrons. The predicted octanol–water partition coefficient (Wildman–Crippen LogP) is 2.71. The summed E-state index contributed by atoms with van der Waals surface area (Å²) in [6.07, 6.45) is 6.53. The molecule has 0 spiro atoms. The molecule has 1 aromatic carbocycles. The standard InChI is InChI=1S/C21H32N2O3/c24-19(16-17-6-2-1-3-7-17)18-8-14-23(15-9-18)20(25)22-13-12-21(26)10-4-5-11-21/h1-3,6-7,18-19,24,26H,4-5,8-16H2,(H,22,25)/t19-/m1/s1. The van der Waals surface area contributed by atoms with Crippen LogP contribution in [0.2, 0.25) is 0 Å². The Labute approximate surface area is 156 Å². The summed E-state index contributed by atoms with van der Waals surface area (Å²) in [5.41, 5.74) is 0.590. The second-order valence-corrected chi connectivity index (χ2v) is 7.99. The van der Waals surface area contributed by atoms with Crippen molar-refractivity contribution in [3.05, 3.63) is 35.9 Å². The molecule has 5 nitrogen and oxygen atoms in total. The van der Waals surface area contributed by atoms with Crippen LogP contribution in [0.1, 0.15) is 50.5 Å². The number of amides is 2. The van der Waals surface area contributed by atoms with E-state index in [2.05, 4.69) is 5.32 Å². The number of aliphatic hydroxyl groups excluding tert-OH is 1. The first-order valence-corrected chi connectivity index (χ1v) is 10.0. The van der Waals surface area contributed by atoms with Gasteiger partial charge in [0.05, 0.1) is 11.7 Å². The van der Waals surface area contributed by atoms with Crippen LogP contribution in [-0.2, 0) is 6.42 Å². The molecule has 0 bridgehead atoms. The Balaban J connectivity index is 1.36. The van der Waals surface area contributed by atoms with E-state index >= 15 is 0 Å². The Kier molecular flexibility index (Phi) is 6.54. The van der Waals surface area contributed by atoms with Crippen LogP contribution in [0, 0.1) is 5.92 Å². The number of carbonyl (C=O) groups is 1. The van der Waals surface area contributed by atoms with Crippen molar-refractivity contribution in [2.24, 2.45) is 5.92 Å². The number of hydrogen-bond acceptors (Lipinski definition) is 3. The van der Waals surface area contributed by atoms with Gasteiger partial charge in [-0.1, -0.05) is 43.2 Å². The number of urea groups is 1. The highest BCUT2D eigenvalue weighted by molar-refractivity contribution is 5.74. The summed E-state index contributed by atoms with van der Waals surface area (Å²) in [4.78, 5) is 14.2. The molecule has 5 heteroatoms. The smallest absolute Gasteiger partial charge is 0.317 e. The van der Waals surface area contributed by atoms with Crippen molar-refractivity contribution in [2.75, 3.05) is 19.6 Å². The van der Waals surface area contributed by atoms with Gasteiger partial charge in [0.15, 0.2) is 0 Å². The van der Waals surface area contributed by atoms with E-state index in [0.717, 1.165) is 44.1 Å². The monoisotopic (exact) mass is 360 g/mol. The minimum Gasteiger partial charge on any atom is -0.392 e. The molecule has 0 unspecified atom stereocenters. The van der Waals surface area contributed by atoms with Crippen LogP contribution < -0.4 is 5.32 Å². The highest BCUT2D eigenvalue weighted by Gasteiger charge is 2.31. The third-order valence-electron chi connectivity index (χ3n) is 6.06. The SMILES string of the molecule is O=C(NCCC1(O)CCCC1)N1CCC([C@H](O)Cc2ccccc2)CC1. The Hall–Kier alpha value is -1.59. The van der Waals surface area contributed by atoms with E-state index in [9.17, 15) is 15.0 Å². The van der Waals surface area contributed by atoms with Gasteiger partial charge in [0, 0.05) is 19.6 Å². The van der Waals surface area contributed by atoms with Gasteiger partial charge in [-0.3, -0.25) is 0 Å². The van der Waals surface area contributed by atoms with Crippen LogP contribution in [0.3, 0.4) is 0 Å². The second kappa shape index (κ2) is 8.87. The molecule has 1 aliphatic heterocycles. The minimum absolute atomic E-state index is 0.0393. The van der Waals surface area contributed by atoms with E-state index in [1.54, 1.807) is 0 Å². The van der Waals surface area contributed by atoms with Gasteiger partial charge in [0.1, 0.15) is 0 Å². The van der Waals surface area contributed by atoms with Gasteiger partial charge in [0.2, 0.25) is 0 Å². The zero-order valence-corrected chi connectivity index (χ0v) is 15.6. The molecule has 26 heavy (non-hydrogen) atoms. The normalized spacial score (nSPS) is 21.5. The van der Waals surface area contributed by atoms with Crippen LogP contribution in [0.4, 0.5) is 4.79 Å². The van der Waals surface area contributed by atoms with Crippen molar-refractivity contribution >= 4 is 6.03 Å². The molecule has 1 atom stereocenters. The molecule has 3 rings (SSSR count). The molecule has 1 aliphatic carbocycles. The highest BCUT2D eigenvalue weighted by Crippen LogP contribution is 2.31. The summed E-state index contributed by atoms with van der Waals surface area (Å²) in [7, 11) is 0. The largest absolute Gasteiger partial charge is 0.392 e. The third kappa shape index (κ3) is 5.21. The zero-order chi connectivity index (χ0) is 18.4. The fourth-order valence-electron chi connectivity index (χ4n) is 4.31. The molecule has 2 fully saturated rings. The fraction of sp³-hybridized carbons (Fsp3) is 0.667. The van der Waals surface area contributed by atoms with Crippen molar-refractivity contribution in [3.63, 3.8) is 0 Å². The molecule has 144 valence electrons. The van der Waals surface area contributed by atoms with Gasteiger partial charge in [-0.05, 0) is 50.0 Å². The van der Waals surface area contributed by atoms with Gasteiger partial charge in [-0.25, -0.2) is 4.79 Å². The molecule has 1 aromatic rings. The van der Waals surface area contributed by atoms with Crippen molar-refractivity contribution in [1.29, 1.82) is 0 Å². The Morgan fingerprint density at radius 1 is 1.19 bits per heavy atom. The maximum Gasteiger partial charge on any atom is 0.317 e. The predicted molar refractivity (Wildman–Crippen MR) is 102 cm³/mol. The number of nitrogens with zero attached hydrogens (tertiary/aromatic N) is 1. The Bertz CT molecular complexity index is 564. The van der Waals surface area contributed by atoms with E-state index in [0.29, 0.717) is 32.5 Å². The molecule has 1 heterocycles. The van der Waals surface area contributed by atoms with Gasteiger partial charge >= 0.3 is 6.03 Å². The third-order valence-corrected chi connectivity index (χ3v) is 6.06. The Morgan fingerprint density at radius 3 is 2.50 bits per heavy atom. The quantitative estimate of drug-likeness (QED) is 0.730. The molecule has 2 aliphatic rings. The number of benzene rings is 1. The van der Waals surface area contributed by atoms with E-state index in [1.807, 2.05) is 35.2 Å². The molecular formula is C21H32N2O3. The number of hydrogen-bond donors (Lipinski definition) is 3. The number of carbonyl (C=O) groups excluding carboxylic acids is 1.